The third kappa shape index (κ3) is 7.47. The normalized spacial score (nSPS) is 10.3. The molecule has 0 heterocycles. The van der Waals surface area contributed by atoms with Gasteiger partial charge in [-0.15, -0.1) is 0 Å². The summed E-state index contributed by atoms with van der Waals surface area (Å²) in [7, 11) is 0. The van der Waals surface area contributed by atoms with Crippen LogP contribution < -0.4 is 10.6 Å². The number of halogens is 2. The highest BCUT2D eigenvalue weighted by Crippen LogP contribution is 2.21. The molecule has 0 fully saturated rings. The van der Waals surface area contributed by atoms with Gasteiger partial charge in [-0.05, 0) is 30.5 Å². The van der Waals surface area contributed by atoms with Crippen LogP contribution in [0.15, 0.2) is 22.7 Å². The average Bonchev–Trinajstić information content (AvgIpc) is 2.46. The lowest BCUT2D eigenvalue weighted by molar-refractivity contribution is -0.123. The highest BCUT2D eigenvalue weighted by Gasteiger charge is 2.15. The smallest absolute Gasteiger partial charge is 0.340 e. The monoisotopic (exact) mass is 404 g/mol. The number of nitrogens with one attached hydrogen (secondary N) is 2. The van der Waals surface area contributed by atoms with E-state index in [1.807, 2.05) is 13.8 Å². The zero-order chi connectivity index (χ0) is 17.4. The summed E-state index contributed by atoms with van der Waals surface area (Å²) in [4.78, 5) is 34.8. The molecule has 0 radical (unpaired) electrons. The quantitative estimate of drug-likeness (QED) is 0.712. The van der Waals surface area contributed by atoms with E-state index in [1.165, 1.54) is 12.1 Å². The van der Waals surface area contributed by atoms with E-state index in [2.05, 4.69) is 26.6 Å². The summed E-state index contributed by atoms with van der Waals surface area (Å²) in [5, 5.41) is 4.83. The number of hydrogen-bond donors (Lipinski definition) is 2. The average molecular weight is 406 g/mol. The molecular formula is C15H18BrClN2O4. The van der Waals surface area contributed by atoms with E-state index in [9.17, 15) is 14.4 Å². The van der Waals surface area contributed by atoms with Crippen molar-refractivity contribution in [2.24, 2.45) is 5.92 Å². The molecule has 126 valence electrons. The third-order valence-corrected chi connectivity index (χ3v) is 3.57. The van der Waals surface area contributed by atoms with Crippen LogP contribution >= 0.6 is 27.5 Å². The van der Waals surface area contributed by atoms with Crippen molar-refractivity contribution in [3.8, 4) is 0 Å². The van der Waals surface area contributed by atoms with Gasteiger partial charge in [0.25, 0.3) is 5.91 Å². The molecule has 6 nitrogen and oxygen atoms in total. The van der Waals surface area contributed by atoms with Crippen LogP contribution in [0.2, 0.25) is 5.02 Å². The minimum Gasteiger partial charge on any atom is -0.452 e. The predicted molar refractivity (Wildman–Crippen MR) is 90.4 cm³/mol. The van der Waals surface area contributed by atoms with Crippen LogP contribution in [0, 0.1) is 5.92 Å². The minimum atomic E-state index is -0.744. The Morgan fingerprint density at radius 3 is 2.65 bits per heavy atom. The second-order valence-electron chi connectivity index (χ2n) is 5.19. The van der Waals surface area contributed by atoms with Gasteiger partial charge in [-0.1, -0.05) is 41.4 Å². The van der Waals surface area contributed by atoms with E-state index in [0.29, 0.717) is 16.9 Å². The van der Waals surface area contributed by atoms with Crippen molar-refractivity contribution in [3.05, 3.63) is 33.3 Å². The third-order valence-electron chi connectivity index (χ3n) is 2.74. The van der Waals surface area contributed by atoms with Gasteiger partial charge in [0.1, 0.15) is 0 Å². The number of amides is 3. The Labute approximate surface area is 148 Å². The summed E-state index contributed by atoms with van der Waals surface area (Å²) in [6, 6.07) is 4.08. The first-order chi connectivity index (χ1) is 10.8. The number of carbonyl (C=O) groups excluding carboxylic acids is 3. The zero-order valence-corrected chi connectivity index (χ0v) is 15.2. The number of hydrogen-bond acceptors (Lipinski definition) is 4. The van der Waals surface area contributed by atoms with Gasteiger partial charge in [-0.3, -0.25) is 10.1 Å². The fraction of sp³-hybridized carbons (Fsp3) is 0.400. The Bertz CT molecular complexity index is 593. The second kappa shape index (κ2) is 9.52. The number of carbonyl (C=O) groups is 3. The van der Waals surface area contributed by atoms with Gasteiger partial charge in [0.2, 0.25) is 0 Å². The van der Waals surface area contributed by atoms with Crippen molar-refractivity contribution in [1.82, 2.24) is 10.6 Å². The van der Waals surface area contributed by atoms with Gasteiger partial charge in [0.15, 0.2) is 6.61 Å². The molecule has 0 aliphatic rings. The molecule has 0 unspecified atom stereocenters. The molecular weight excluding hydrogens is 388 g/mol. The molecule has 0 saturated heterocycles. The van der Waals surface area contributed by atoms with Crippen molar-refractivity contribution in [2.45, 2.75) is 20.3 Å². The summed E-state index contributed by atoms with van der Waals surface area (Å²) >= 11 is 9.10. The molecule has 0 atom stereocenters. The molecule has 3 amide bonds. The Hall–Kier alpha value is -1.60. The first-order valence-electron chi connectivity index (χ1n) is 6.99. The fourth-order valence-electron chi connectivity index (χ4n) is 1.54. The Morgan fingerprint density at radius 2 is 2.00 bits per heavy atom. The van der Waals surface area contributed by atoms with Gasteiger partial charge in [0, 0.05) is 11.0 Å². The first-order valence-corrected chi connectivity index (χ1v) is 8.16. The topological polar surface area (TPSA) is 84.5 Å². The van der Waals surface area contributed by atoms with Crippen molar-refractivity contribution in [3.63, 3.8) is 0 Å². The lowest BCUT2D eigenvalue weighted by atomic mass is 10.1. The molecule has 8 heteroatoms. The molecule has 1 aromatic rings. The fourth-order valence-corrected chi connectivity index (χ4v) is 2.10. The summed E-state index contributed by atoms with van der Waals surface area (Å²) in [6.45, 7) is 3.94. The molecule has 0 bridgehead atoms. The largest absolute Gasteiger partial charge is 0.452 e. The molecule has 1 aromatic carbocycles. The van der Waals surface area contributed by atoms with Crippen LogP contribution in [0.25, 0.3) is 0 Å². The van der Waals surface area contributed by atoms with Crippen molar-refractivity contribution < 1.29 is 19.1 Å². The van der Waals surface area contributed by atoms with E-state index in [-0.39, 0.29) is 10.6 Å². The molecule has 2 N–H and O–H groups in total. The second-order valence-corrected chi connectivity index (χ2v) is 6.51. The molecule has 0 saturated carbocycles. The van der Waals surface area contributed by atoms with E-state index >= 15 is 0 Å². The van der Waals surface area contributed by atoms with E-state index in [4.69, 9.17) is 16.3 Å². The summed E-state index contributed by atoms with van der Waals surface area (Å²) in [6.07, 6.45) is 0.804. The van der Waals surface area contributed by atoms with E-state index < -0.39 is 24.5 Å². The van der Waals surface area contributed by atoms with Gasteiger partial charge < -0.3 is 10.1 Å². The maximum Gasteiger partial charge on any atom is 0.340 e. The standard InChI is InChI=1S/C15H18BrClN2O4/c1-9(2)5-6-18-15(22)19-13(20)8-23-14(21)11-7-10(16)3-4-12(11)17/h3-4,7,9H,5-6,8H2,1-2H3,(H2,18,19,20,22). The van der Waals surface area contributed by atoms with Crippen LogP contribution in [0.3, 0.4) is 0 Å². The SMILES string of the molecule is CC(C)CCNC(=O)NC(=O)COC(=O)c1cc(Br)ccc1Cl. The van der Waals surface area contributed by atoms with Crippen molar-refractivity contribution in [2.75, 3.05) is 13.2 Å². The van der Waals surface area contributed by atoms with E-state index in [1.54, 1.807) is 6.07 Å². The number of esters is 1. The molecule has 0 spiro atoms. The Morgan fingerprint density at radius 1 is 1.30 bits per heavy atom. The first kappa shape index (κ1) is 19.4. The number of benzene rings is 1. The zero-order valence-electron chi connectivity index (χ0n) is 12.8. The number of rotatable bonds is 6. The molecule has 0 aliphatic carbocycles. The highest BCUT2D eigenvalue weighted by molar-refractivity contribution is 9.10. The lowest BCUT2D eigenvalue weighted by Crippen LogP contribution is -2.42. The van der Waals surface area contributed by atoms with Crippen LogP contribution in [-0.4, -0.2) is 31.1 Å². The minimum absolute atomic E-state index is 0.134. The Balaban J connectivity index is 2.39. The molecule has 1 rings (SSSR count). The molecule has 0 aliphatic heterocycles. The highest BCUT2D eigenvalue weighted by atomic mass is 79.9. The predicted octanol–water partition coefficient (Wildman–Crippen LogP) is 3.13. The lowest BCUT2D eigenvalue weighted by Gasteiger charge is -2.09. The molecule has 0 aromatic heterocycles. The number of ether oxygens (including phenoxy) is 1. The van der Waals surface area contributed by atoms with Gasteiger partial charge in [-0.2, -0.15) is 0 Å². The number of imide groups is 1. The van der Waals surface area contributed by atoms with Crippen molar-refractivity contribution in [1.29, 1.82) is 0 Å². The maximum absolute atomic E-state index is 11.8. The number of urea groups is 1. The summed E-state index contributed by atoms with van der Waals surface area (Å²) < 4.78 is 5.49. The Kier molecular flexibility index (Phi) is 8.05. The van der Waals surface area contributed by atoms with Crippen LogP contribution in [-0.2, 0) is 9.53 Å². The van der Waals surface area contributed by atoms with Crippen LogP contribution in [0.5, 0.6) is 0 Å². The van der Waals surface area contributed by atoms with Crippen LogP contribution in [0.1, 0.15) is 30.6 Å². The maximum atomic E-state index is 11.8. The van der Waals surface area contributed by atoms with Gasteiger partial charge in [0.05, 0.1) is 10.6 Å². The summed E-state index contributed by atoms with van der Waals surface area (Å²) in [5.74, 6) is -1.01. The van der Waals surface area contributed by atoms with Crippen molar-refractivity contribution >= 4 is 45.4 Å². The van der Waals surface area contributed by atoms with E-state index in [0.717, 1.165) is 6.42 Å². The van der Waals surface area contributed by atoms with Gasteiger partial charge in [-0.25, -0.2) is 9.59 Å². The molecule has 23 heavy (non-hydrogen) atoms. The summed E-state index contributed by atoms with van der Waals surface area (Å²) in [5.41, 5.74) is 0.134. The van der Waals surface area contributed by atoms with Gasteiger partial charge >= 0.3 is 12.0 Å². The van der Waals surface area contributed by atoms with Crippen LogP contribution in [0.4, 0.5) is 4.79 Å².